The lowest BCUT2D eigenvalue weighted by molar-refractivity contribution is -0.235. The zero-order valence-corrected chi connectivity index (χ0v) is 36.1. The van der Waals surface area contributed by atoms with Crippen LogP contribution in [-0.2, 0) is 28.7 Å². The quantitative estimate of drug-likeness (QED) is 0.190. The van der Waals surface area contributed by atoms with E-state index in [4.69, 9.17) is 10.5 Å². The van der Waals surface area contributed by atoms with E-state index in [2.05, 4.69) is 59.1 Å². The van der Waals surface area contributed by atoms with Crippen LogP contribution < -0.4 is 16.4 Å². The van der Waals surface area contributed by atoms with Crippen LogP contribution in [0.4, 0.5) is 0 Å². The van der Waals surface area contributed by atoms with Crippen LogP contribution in [0.2, 0.25) is 0 Å². The Bertz CT molecular complexity index is 1700. The summed E-state index contributed by atoms with van der Waals surface area (Å²) in [7, 11) is 0. The van der Waals surface area contributed by atoms with Gasteiger partial charge in [-0.05, 0) is 142 Å². The number of nitrogens with two attached hydrogens (primary N) is 1. The summed E-state index contributed by atoms with van der Waals surface area (Å²) in [6.07, 6.45) is 7.69. The molecule has 10 heteroatoms. The number of nitrogens with one attached hydrogen (secondary N) is 2. The van der Waals surface area contributed by atoms with Crippen LogP contribution in [0, 0.1) is 62.6 Å². The number of Topliss-reactive ketones (excluding diaryl/α,β-unsaturated/α-hetero) is 1. The third-order valence-electron chi connectivity index (χ3n) is 17.4. The summed E-state index contributed by atoms with van der Waals surface area (Å²) in [6.45, 7) is 26.6. The summed E-state index contributed by atoms with van der Waals surface area (Å²) >= 11 is 0. The molecule has 0 aromatic rings. The Hall–Kier alpha value is -2.75. The molecule has 0 radical (unpaired) electrons. The number of hydrogen-bond acceptors (Lipinski definition) is 7. The predicted molar refractivity (Wildman–Crippen MR) is 211 cm³/mol. The van der Waals surface area contributed by atoms with E-state index in [-0.39, 0.29) is 63.7 Å². The topological polar surface area (TPSA) is 165 Å². The van der Waals surface area contributed by atoms with E-state index < -0.39 is 45.7 Å². The highest BCUT2D eigenvalue weighted by Gasteiger charge is 2.71. The number of esters is 1. The number of aliphatic carboxylic acids is 1. The monoisotopic (exact) mass is 766 g/mol. The highest BCUT2D eigenvalue weighted by Crippen LogP contribution is 2.76. The molecule has 2 amide bonds. The van der Waals surface area contributed by atoms with Crippen LogP contribution in [-0.4, -0.2) is 57.4 Å². The maximum Gasteiger partial charge on any atom is 0.309 e. The van der Waals surface area contributed by atoms with Gasteiger partial charge in [0.25, 0.3) is 0 Å². The molecule has 1 unspecified atom stereocenters. The first-order valence-electron chi connectivity index (χ1n) is 21.2. The molecule has 5 fully saturated rings. The molecule has 0 aromatic heterocycles. The fraction of sp³-hybridized carbons (Fsp3) is 0.844. The van der Waals surface area contributed by atoms with Crippen molar-refractivity contribution in [2.24, 2.45) is 68.3 Å². The van der Waals surface area contributed by atoms with Crippen LogP contribution in [0.15, 0.2) is 11.1 Å². The van der Waals surface area contributed by atoms with Crippen LogP contribution >= 0.6 is 0 Å². The van der Waals surface area contributed by atoms with Crippen molar-refractivity contribution in [1.82, 2.24) is 10.6 Å². The van der Waals surface area contributed by atoms with Crippen molar-refractivity contribution < 1.29 is 33.8 Å². The second-order valence-electron chi connectivity index (χ2n) is 22.3. The normalized spacial score (nSPS) is 40.5. The summed E-state index contributed by atoms with van der Waals surface area (Å²) in [5, 5.41) is 15.9. The first-order chi connectivity index (χ1) is 25.0. The molecule has 5 saturated carbocycles. The highest BCUT2D eigenvalue weighted by atomic mass is 16.5. The Morgan fingerprint density at radius 1 is 0.800 bits per heavy atom. The Balaban J connectivity index is 1.27. The number of carboxylic acid groups (broad SMARTS) is 1. The first kappa shape index (κ1) is 41.9. The van der Waals surface area contributed by atoms with Crippen molar-refractivity contribution in [3.63, 3.8) is 0 Å². The standard InChI is InChI=1S/C45H71N3O7/c1-24(2)32-28(49)23-45(48-37(54)41(9,10)47-36(53)40(7,8)46)21-20-43(12)25(33(32)45)14-15-30-42(11)18-17-31(39(5,6)29(42)16-19-44(30,43)13)55-35(52)27-22-26(34(50)51)38(27,3)4/h24-27,29-31H,14-23,46H2,1-13H3,(H,47,53)(H,48,54)(H,50,51)/t25-,26+,27?,29+,30-,31+,42+,43-,44-,45-/m1/s1. The molecule has 55 heavy (non-hydrogen) atoms. The van der Waals surface area contributed by atoms with E-state index in [1.165, 1.54) is 0 Å². The van der Waals surface area contributed by atoms with Gasteiger partial charge in [0.2, 0.25) is 11.8 Å². The SMILES string of the molecule is CC(C)C1=C2[C@H]3CC[C@@H]4[C@@]5(C)CC[C@H](OC(=O)C6C[C@@H](C(=O)O)C6(C)C)C(C)(C)[C@@H]5CC[C@@]4(C)[C@]3(C)CC[C@@]2(NC(=O)C(C)(C)NC(=O)C(C)(C)N)CC1=O. The zero-order chi connectivity index (χ0) is 41.3. The molecule has 6 rings (SSSR count). The maximum absolute atomic E-state index is 14.2. The number of carboxylic acids is 1. The number of carbonyl (C=O) groups excluding carboxylic acids is 4. The van der Waals surface area contributed by atoms with Crippen LogP contribution in [0.3, 0.4) is 0 Å². The van der Waals surface area contributed by atoms with E-state index in [0.717, 1.165) is 56.1 Å². The molecule has 0 bridgehead atoms. The molecule has 0 saturated heterocycles. The van der Waals surface area contributed by atoms with Crippen molar-refractivity contribution in [2.75, 3.05) is 0 Å². The lowest BCUT2D eigenvalue weighted by atomic mass is 9.33. The summed E-state index contributed by atoms with van der Waals surface area (Å²) in [4.78, 5) is 66.5. The summed E-state index contributed by atoms with van der Waals surface area (Å²) in [5.41, 5.74) is 3.97. The van der Waals surface area contributed by atoms with Gasteiger partial charge in [-0.1, -0.05) is 62.3 Å². The molecule has 6 aliphatic carbocycles. The average molecular weight is 766 g/mol. The number of allylic oxidation sites excluding steroid dienone is 1. The predicted octanol–water partition coefficient (Wildman–Crippen LogP) is 7.13. The second kappa shape index (κ2) is 12.9. The summed E-state index contributed by atoms with van der Waals surface area (Å²) in [6, 6.07) is 0. The Kier molecular flexibility index (Phi) is 9.80. The van der Waals surface area contributed by atoms with Crippen molar-refractivity contribution in [2.45, 2.75) is 177 Å². The minimum atomic E-state index is -1.23. The largest absolute Gasteiger partial charge is 0.481 e. The minimum absolute atomic E-state index is 0.0145. The van der Waals surface area contributed by atoms with Crippen LogP contribution in [0.1, 0.15) is 154 Å². The van der Waals surface area contributed by atoms with Crippen molar-refractivity contribution >= 4 is 29.5 Å². The van der Waals surface area contributed by atoms with Crippen LogP contribution in [0.25, 0.3) is 0 Å². The van der Waals surface area contributed by atoms with E-state index in [1.807, 2.05) is 13.8 Å². The summed E-state index contributed by atoms with van der Waals surface area (Å²) < 4.78 is 6.40. The van der Waals surface area contributed by atoms with Crippen molar-refractivity contribution in [1.29, 1.82) is 0 Å². The van der Waals surface area contributed by atoms with Gasteiger partial charge in [-0.15, -0.1) is 0 Å². The minimum Gasteiger partial charge on any atom is -0.481 e. The molecule has 5 N–H and O–H groups in total. The van der Waals surface area contributed by atoms with E-state index in [9.17, 15) is 29.1 Å². The number of amides is 2. The lowest BCUT2D eigenvalue weighted by Crippen LogP contribution is -2.69. The molecular weight excluding hydrogens is 695 g/mol. The number of rotatable bonds is 8. The van der Waals surface area contributed by atoms with Gasteiger partial charge in [0.1, 0.15) is 11.6 Å². The zero-order valence-electron chi connectivity index (χ0n) is 36.1. The van der Waals surface area contributed by atoms with Gasteiger partial charge in [0.05, 0.1) is 22.9 Å². The fourth-order valence-electron chi connectivity index (χ4n) is 13.8. The third kappa shape index (κ3) is 6.06. The number of hydrogen-bond donors (Lipinski definition) is 4. The average Bonchev–Trinajstić information content (AvgIpc) is 3.33. The fourth-order valence-corrected chi connectivity index (χ4v) is 13.8. The number of ether oxygens (including phenoxy) is 1. The number of ketones is 1. The van der Waals surface area contributed by atoms with Crippen molar-refractivity contribution in [3.05, 3.63) is 11.1 Å². The van der Waals surface area contributed by atoms with Gasteiger partial charge in [-0.3, -0.25) is 24.0 Å². The van der Waals surface area contributed by atoms with Crippen LogP contribution in [0.5, 0.6) is 0 Å². The summed E-state index contributed by atoms with van der Waals surface area (Å²) in [5.74, 6) is -1.67. The molecule has 0 heterocycles. The maximum atomic E-state index is 14.2. The van der Waals surface area contributed by atoms with Gasteiger partial charge in [-0.25, -0.2) is 0 Å². The van der Waals surface area contributed by atoms with Gasteiger partial charge in [0, 0.05) is 11.8 Å². The molecule has 0 aromatic carbocycles. The molecule has 0 aliphatic heterocycles. The van der Waals surface area contributed by atoms with Gasteiger partial charge >= 0.3 is 11.9 Å². The third-order valence-corrected chi connectivity index (χ3v) is 17.4. The second-order valence-corrected chi connectivity index (χ2v) is 22.3. The Labute approximate surface area is 329 Å². The molecule has 10 atom stereocenters. The smallest absolute Gasteiger partial charge is 0.309 e. The van der Waals surface area contributed by atoms with Gasteiger partial charge in [-0.2, -0.15) is 0 Å². The van der Waals surface area contributed by atoms with E-state index >= 15 is 0 Å². The number of fused-ring (bicyclic) bond motifs is 7. The Morgan fingerprint density at radius 3 is 2.00 bits per heavy atom. The molecule has 308 valence electrons. The van der Waals surface area contributed by atoms with Gasteiger partial charge in [0.15, 0.2) is 5.78 Å². The molecular formula is C45H71N3O7. The first-order valence-corrected chi connectivity index (χ1v) is 21.2. The number of carbonyl (C=O) groups is 5. The lowest BCUT2D eigenvalue weighted by Gasteiger charge is -2.72. The highest BCUT2D eigenvalue weighted by molar-refractivity contribution is 6.03. The Morgan fingerprint density at radius 2 is 1.44 bits per heavy atom. The van der Waals surface area contributed by atoms with E-state index in [1.54, 1.807) is 27.7 Å². The van der Waals surface area contributed by atoms with Gasteiger partial charge < -0.3 is 26.2 Å². The van der Waals surface area contributed by atoms with Crippen molar-refractivity contribution in [3.8, 4) is 0 Å². The molecule has 10 nitrogen and oxygen atoms in total. The van der Waals surface area contributed by atoms with E-state index in [0.29, 0.717) is 24.7 Å². The molecule has 0 spiro atoms. The molecule has 6 aliphatic rings.